The maximum Gasteiger partial charge on any atom is 0.254 e. The molecular weight excluding hydrogens is 227 g/mol. The molecule has 1 N–H and O–H groups in total. The van der Waals surface area contributed by atoms with E-state index in [4.69, 9.17) is 9.84 Å². The molecule has 0 fully saturated rings. The maximum atomic E-state index is 12.9. The summed E-state index contributed by atoms with van der Waals surface area (Å²) < 4.78 is 17.7. The molecule has 0 saturated heterocycles. The molecule has 0 radical (unpaired) electrons. The summed E-state index contributed by atoms with van der Waals surface area (Å²) in [4.78, 5) is 16.7. The van der Waals surface area contributed by atoms with Gasteiger partial charge in [0.2, 0.25) is 5.95 Å². The topological polar surface area (TPSA) is 62.7 Å². The molecule has 0 spiro atoms. The van der Waals surface area contributed by atoms with Crippen LogP contribution in [0.25, 0.3) is 0 Å². The number of pyridine rings is 1. The van der Waals surface area contributed by atoms with E-state index in [0.29, 0.717) is 13.2 Å². The fourth-order valence-corrected chi connectivity index (χ4v) is 1.36. The highest BCUT2D eigenvalue weighted by Crippen LogP contribution is 2.05. The van der Waals surface area contributed by atoms with Crippen LogP contribution < -0.4 is 0 Å². The molecule has 0 bridgehead atoms. The van der Waals surface area contributed by atoms with E-state index < -0.39 is 5.95 Å². The van der Waals surface area contributed by atoms with Crippen molar-refractivity contribution in [1.29, 1.82) is 0 Å². The summed E-state index contributed by atoms with van der Waals surface area (Å²) in [5.41, 5.74) is 0.210. The van der Waals surface area contributed by atoms with Gasteiger partial charge in [0.05, 0.1) is 13.2 Å². The van der Waals surface area contributed by atoms with E-state index in [0.717, 1.165) is 6.07 Å². The van der Waals surface area contributed by atoms with Gasteiger partial charge in [0, 0.05) is 38.0 Å². The Labute approximate surface area is 98.8 Å². The molecule has 1 amide bonds. The molecule has 1 heterocycles. The first-order valence-electron chi connectivity index (χ1n) is 5.19. The van der Waals surface area contributed by atoms with Crippen molar-refractivity contribution < 1.29 is 19.0 Å². The summed E-state index contributed by atoms with van der Waals surface area (Å²) in [6.45, 7) is 0.744. The molecule has 1 rings (SSSR count). The molecule has 0 aliphatic carbocycles. The Bertz CT molecular complexity index is 373. The lowest BCUT2D eigenvalue weighted by atomic mass is 10.2. The summed E-state index contributed by atoms with van der Waals surface area (Å²) in [6, 6.07) is 2.50. The number of ether oxygens (including phenoxy) is 1. The van der Waals surface area contributed by atoms with E-state index in [-0.39, 0.29) is 24.6 Å². The van der Waals surface area contributed by atoms with Crippen molar-refractivity contribution >= 4 is 5.91 Å². The van der Waals surface area contributed by atoms with Gasteiger partial charge in [0.1, 0.15) is 0 Å². The Balaban J connectivity index is 2.76. The number of halogens is 1. The third-order valence-corrected chi connectivity index (χ3v) is 2.20. The molecule has 0 aliphatic heterocycles. The zero-order valence-electron chi connectivity index (χ0n) is 9.60. The molecule has 6 heteroatoms. The maximum absolute atomic E-state index is 12.9. The summed E-state index contributed by atoms with van der Waals surface area (Å²) >= 11 is 0. The molecule has 17 heavy (non-hydrogen) atoms. The van der Waals surface area contributed by atoms with Gasteiger partial charge in [-0.05, 0) is 6.07 Å². The van der Waals surface area contributed by atoms with Crippen molar-refractivity contribution in [1.82, 2.24) is 9.88 Å². The van der Waals surface area contributed by atoms with Crippen LogP contribution in [-0.4, -0.2) is 54.3 Å². The minimum atomic E-state index is -0.702. The molecule has 0 unspecified atom stereocenters. The average molecular weight is 242 g/mol. The SMILES string of the molecule is COCCN(CCO)C(=O)c1ccnc(F)c1. The third-order valence-electron chi connectivity index (χ3n) is 2.20. The molecular formula is C11H15FN2O3. The van der Waals surface area contributed by atoms with Crippen LogP contribution in [0.2, 0.25) is 0 Å². The van der Waals surface area contributed by atoms with E-state index in [9.17, 15) is 9.18 Å². The number of hydrogen-bond donors (Lipinski definition) is 1. The summed E-state index contributed by atoms with van der Waals surface area (Å²) in [7, 11) is 1.52. The zero-order chi connectivity index (χ0) is 12.7. The number of aliphatic hydroxyl groups is 1. The van der Waals surface area contributed by atoms with Crippen LogP contribution in [-0.2, 0) is 4.74 Å². The van der Waals surface area contributed by atoms with E-state index in [1.54, 1.807) is 0 Å². The van der Waals surface area contributed by atoms with E-state index in [2.05, 4.69) is 4.98 Å². The monoisotopic (exact) mass is 242 g/mol. The van der Waals surface area contributed by atoms with Gasteiger partial charge < -0.3 is 14.7 Å². The minimum Gasteiger partial charge on any atom is -0.395 e. The van der Waals surface area contributed by atoms with E-state index in [1.807, 2.05) is 0 Å². The Kier molecular flexibility index (Phi) is 5.51. The van der Waals surface area contributed by atoms with Crippen LogP contribution in [0.5, 0.6) is 0 Å². The quantitative estimate of drug-likeness (QED) is 0.729. The van der Waals surface area contributed by atoms with Crippen LogP contribution in [0.15, 0.2) is 18.3 Å². The van der Waals surface area contributed by atoms with Crippen molar-refractivity contribution in [2.24, 2.45) is 0 Å². The van der Waals surface area contributed by atoms with Gasteiger partial charge in [-0.2, -0.15) is 4.39 Å². The minimum absolute atomic E-state index is 0.150. The summed E-state index contributed by atoms with van der Waals surface area (Å²) in [6.07, 6.45) is 1.23. The van der Waals surface area contributed by atoms with E-state index >= 15 is 0 Å². The van der Waals surface area contributed by atoms with Gasteiger partial charge in [0.15, 0.2) is 0 Å². The normalized spacial score (nSPS) is 10.3. The second-order valence-corrected chi connectivity index (χ2v) is 3.38. The summed E-state index contributed by atoms with van der Waals surface area (Å²) in [5.74, 6) is -1.05. The first-order chi connectivity index (χ1) is 8.19. The zero-order valence-corrected chi connectivity index (χ0v) is 9.60. The molecule has 5 nitrogen and oxygen atoms in total. The molecule has 0 saturated carbocycles. The van der Waals surface area contributed by atoms with Crippen molar-refractivity contribution in [3.05, 3.63) is 29.8 Å². The highest BCUT2D eigenvalue weighted by atomic mass is 19.1. The second-order valence-electron chi connectivity index (χ2n) is 3.38. The van der Waals surface area contributed by atoms with Crippen molar-refractivity contribution in [3.63, 3.8) is 0 Å². The number of aliphatic hydroxyl groups excluding tert-OH is 1. The standard InChI is InChI=1S/C11H15FN2O3/c1-17-7-5-14(4-6-15)11(16)9-2-3-13-10(12)8-9/h2-3,8,15H,4-7H2,1H3. The molecule has 0 aromatic carbocycles. The highest BCUT2D eigenvalue weighted by Gasteiger charge is 2.15. The molecule has 1 aromatic heterocycles. The van der Waals surface area contributed by atoms with Crippen molar-refractivity contribution in [2.75, 3.05) is 33.4 Å². The Hall–Kier alpha value is -1.53. The fraction of sp³-hybridized carbons (Fsp3) is 0.455. The Morgan fingerprint density at radius 2 is 2.35 bits per heavy atom. The lowest BCUT2D eigenvalue weighted by Crippen LogP contribution is -2.36. The van der Waals surface area contributed by atoms with Crippen molar-refractivity contribution in [3.8, 4) is 0 Å². The van der Waals surface area contributed by atoms with Crippen LogP contribution in [0.3, 0.4) is 0 Å². The third kappa shape index (κ3) is 4.08. The van der Waals surface area contributed by atoms with Crippen LogP contribution in [0.4, 0.5) is 4.39 Å². The van der Waals surface area contributed by atoms with Gasteiger partial charge in [0.25, 0.3) is 5.91 Å². The van der Waals surface area contributed by atoms with Crippen molar-refractivity contribution in [2.45, 2.75) is 0 Å². The summed E-state index contributed by atoms with van der Waals surface area (Å²) in [5, 5.41) is 8.87. The lowest BCUT2D eigenvalue weighted by molar-refractivity contribution is 0.0656. The molecule has 94 valence electrons. The van der Waals surface area contributed by atoms with Gasteiger partial charge in [-0.25, -0.2) is 4.98 Å². The number of nitrogens with zero attached hydrogens (tertiary/aromatic N) is 2. The van der Waals surface area contributed by atoms with Crippen LogP contribution in [0, 0.1) is 5.95 Å². The largest absolute Gasteiger partial charge is 0.395 e. The highest BCUT2D eigenvalue weighted by molar-refractivity contribution is 5.94. The van der Waals surface area contributed by atoms with Gasteiger partial charge in [-0.1, -0.05) is 0 Å². The first kappa shape index (κ1) is 13.5. The number of amides is 1. The molecule has 0 atom stereocenters. The number of hydrogen-bond acceptors (Lipinski definition) is 4. The number of methoxy groups -OCH3 is 1. The molecule has 0 aliphatic rings. The molecule has 1 aromatic rings. The smallest absolute Gasteiger partial charge is 0.254 e. The average Bonchev–Trinajstić information content (AvgIpc) is 2.33. The Morgan fingerprint density at radius 1 is 1.59 bits per heavy atom. The lowest BCUT2D eigenvalue weighted by Gasteiger charge is -2.21. The predicted octanol–water partition coefficient (Wildman–Crippen LogP) is 0.302. The first-order valence-corrected chi connectivity index (χ1v) is 5.19. The van der Waals surface area contributed by atoms with E-state index in [1.165, 1.54) is 24.3 Å². The number of aromatic nitrogens is 1. The van der Waals surface area contributed by atoms with Crippen LogP contribution in [0.1, 0.15) is 10.4 Å². The fourth-order valence-electron chi connectivity index (χ4n) is 1.36. The van der Waals surface area contributed by atoms with Gasteiger partial charge in [-0.3, -0.25) is 4.79 Å². The Morgan fingerprint density at radius 3 is 2.94 bits per heavy atom. The number of carbonyl (C=O) groups excluding carboxylic acids is 1. The second kappa shape index (κ2) is 6.93. The van der Waals surface area contributed by atoms with Gasteiger partial charge >= 0.3 is 0 Å². The predicted molar refractivity (Wildman–Crippen MR) is 59.1 cm³/mol. The number of carbonyl (C=O) groups is 1. The number of rotatable bonds is 6. The van der Waals surface area contributed by atoms with Gasteiger partial charge in [-0.15, -0.1) is 0 Å². The van der Waals surface area contributed by atoms with Crippen LogP contribution >= 0.6 is 0 Å².